The molecule has 12 heteroatoms. The summed E-state index contributed by atoms with van der Waals surface area (Å²) >= 11 is 0. The van der Waals surface area contributed by atoms with E-state index in [9.17, 15) is 24.0 Å². The van der Waals surface area contributed by atoms with Crippen LogP contribution in [-0.4, -0.2) is 54.9 Å². The van der Waals surface area contributed by atoms with Crippen molar-refractivity contribution in [1.82, 2.24) is 20.9 Å². The van der Waals surface area contributed by atoms with Crippen LogP contribution in [0.15, 0.2) is 64.3 Å². The molecule has 1 aromatic heterocycles. The summed E-state index contributed by atoms with van der Waals surface area (Å²) in [4.78, 5) is 62.7. The van der Waals surface area contributed by atoms with Crippen LogP contribution in [0.3, 0.4) is 0 Å². The van der Waals surface area contributed by atoms with Crippen LogP contribution in [0.2, 0.25) is 0 Å². The molecule has 2 aliphatic rings. The van der Waals surface area contributed by atoms with Crippen molar-refractivity contribution in [3.8, 4) is 0 Å². The van der Waals surface area contributed by atoms with E-state index in [1.807, 2.05) is 0 Å². The lowest BCUT2D eigenvalue weighted by Crippen LogP contribution is -2.53. The highest BCUT2D eigenvalue weighted by atomic mass is 16.5. The van der Waals surface area contributed by atoms with E-state index in [0.717, 1.165) is 0 Å². The molecular formula is C25H25N5O7. The molecule has 7 amide bonds. The summed E-state index contributed by atoms with van der Waals surface area (Å²) in [6, 6.07) is 4.84. The highest BCUT2D eigenvalue weighted by molar-refractivity contribution is 6.08. The van der Waals surface area contributed by atoms with Crippen LogP contribution in [0, 0.1) is 0 Å². The minimum Gasteiger partial charge on any atom is -0.497 e. The second-order valence-corrected chi connectivity index (χ2v) is 8.63. The van der Waals surface area contributed by atoms with Crippen molar-refractivity contribution < 1.29 is 33.1 Å². The maximum atomic E-state index is 13.1. The number of urea groups is 2. The van der Waals surface area contributed by atoms with Crippen molar-refractivity contribution in [2.75, 3.05) is 25.5 Å². The Balaban J connectivity index is 1.63. The molecule has 4 N–H and O–H groups in total. The van der Waals surface area contributed by atoms with Crippen LogP contribution in [0.4, 0.5) is 15.3 Å². The molecule has 0 radical (unpaired) electrons. The predicted octanol–water partition coefficient (Wildman–Crippen LogP) is 2.01. The number of furan rings is 1. The number of amides is 7. The Morgan fingerprint density at radius 1 is 1.27 bits per heavy atom. The molecule has 4 rings (SSSR count). The molecule has 3 heterocycles. The van der Waals surface area contributed by atoms with E-state index in [0.29, 0.717) is 33.6 Å². The fourth-order valence-corrected chi connectivity index (χ4v) is 4.13. The number of ether oxygens (including phenoxy) is 1. The molecule has 1 fully saturated rings. The summed E-state index contributed by atoms with van der Waals surface area (Å²) in [7, 11) is 1.48. The van der Waals surface area contributed by atoms with Gasteiger partial charge in [-0.2, -0.15) is 0 Å². The van der Waals surface area contributed by atoms with Gasteiger partial charge >= 0.3 is 12.1 Å². The van der Waals surface area contributed by atoms with Gasteiger partial charge in [0.05, 0.1) is 13.7 Å². The second kappa shape index (κ2) is 9.64. The molecule has 2 aliphatic heterocycles. The molecule has 37 heavy (non-hydrogen) atoms. The highest BCUT2D eigenvalue weighted by Gasteiger charge is 2.52. The largest absolute Gasteiger partial charge is 0.497 e. The SMILES string of the molecule is C=C(/C=C\C1=C(C)C(=O)N(C[C@@]2(c3cc4cc(NC(=O)NC(C)=O)ccc4o3)NC(=O)NC2=O)C1)OC. The first-order valence-corrected chi connectivity index (χ1v) is 11.2. The number of hydrogen-bond donors (Lipinski definition) is 4. The van der Waals surface area contributed by atoms with E-state index < -0.39 is 29.4 Å². The Labute approximate surface area is 211 Å². The van der Waals surface area contributed by atoms with Gasteiger partial charge < -0.3 is 24.7 Å². The maximum Gasteiger partial charge on any atom is 0.325 e. The van der Waals surface area contributed by atoms with Crippen LogP contribution in [-0.2, 0) is 24.7 Å². The average Bonchev–Trinajstić information content (AvgIpc) is 3.46. The standard InChI is InChI=1S/C25H25N5O7/c1-13(36-4)5-6-16-11-30(21(32)14(16)2)12-25(22(33)28-24(35)29-25)20-10-17-9-18(7-8-19(17)37-20)27-23(34)26-15(3)31/h5-10H,1,11-12H2,2-4H3,(H2,26,27,31,34)(H2,28,29,33,35)/b6-5-/t25-/m0/s1. The van der Waals surface area contributed by atoms with Gasteiger partial charge in [-0.3, -0.25) is 25.0 Å². The molecule has 0 bridgehead atoms. The van der Waals surface area contributed by atoms with E-state index in [4.69, 9.17) is 9.15 Å². The minimum absolute atomic E-state index is 0.110. The van der Waals surface area contributed by atoms with Crippen LogP contribution >= 0.6 is 0 Å². The van der Waals surface area contributed by atoms with E-state index in [1.54, 1.807) is 43.3 Å². The van der Waals surface area contributed by atoms with Crippen molar-refractivity contribution in [2.24, 2.45) is 0 Å². The first-order valence-electron chi connectivity index (χ1n) is 11.2. The summed E-state index contributed by atoms with van der Waals surface area (Å²) in [5, 5.41) is 10.0. The molecule has 0 spiro atoms. The van der Waals surface area contributed by atoms with E-state index in [2.05, 4.69) is 27.8 Å². The van der Waals surface area contributed by atoms with Gasteiger partial charge in [0.1, 0.15) is 17.1 Å². The third-order valence-electron chi connectivity index (χ3n) is 6.04. The van der Waals surface area contributed by atoms with Crippen molar-refractivity contribution >= 4 is 46.4 Å². The van der Waals surface area contributed by atoms with Crippen molar-refractivity contribution in [1.29, 1.82) is 0 Å². The fourth-order valence-electron chi connectivity index (χ4n) is 4.13. The number of rotatable bonds is 7. The molecule has 2 aromatic rings. The second-order valence-electron chi connectivity index (χ2n) is 8.63. The predicted molar refractivity (Wildman–Crippen MR) is 132 cm³/mol. The van der Waals surface area contributed by atoms with Crippen LogP contribution in [0.25, 0.3) is 11.0 Å². The molecular weight excluding hydrogens is 482 g/mol. The van der Waals surface area contributed by atoms with Gasteiger partial charge in [-0.15, -0.1) is 0 Å². The van der Waals surface area contributed by atoms with Crippen LogP contribution in [0.1, 0.15) is 19.6 Å². The number of benzene rings is 1. The molecule has 0 unspecified atom stereocenters. The van der Waals surface area contributed by atoms with Gasteiger partial charge in [0.2, 0.25) is 11.8 Å². The average molecular weight is 508 g/mol. The van der Waals surface area contributed by atoms with Gasteiger partial charge in [0.25, 0.3) is 5.91 Å². The first kappa shape index (κ1) is 25.2. The number of anilines is 1. The number of hydrogen-bond acceptors (Lipinski definition) is 7. The summed E-state index contributed by atoms with van der Waals surface area (Å²) in [6.45, 7) is 6.62. The molecule has 1 saturated heterocycles. The molecule has 12 nitrogen and oxygen atoms in total. The number of carbonyl (C=O) groups is 5. The molecule has 192 valence electrons. The lowest BCUT2D eigenvalue weighted by molar-refractivity contribution is -0.130. The monoisotopic (exact) mass is 507 g/mol. The number of methoxy groups -OCH3 is 1. The molecule has 1 atom stereocenters. The number of carbonyl (C=O) groups excluding carboxylic acids is 5. The molecule has 1 aromatic carbocycles. The third kappa shape index (κ3) is 4.94. The van der Waals surface area contributed by atoms with Crippen LogP contribution < -0.4 is 21.3 Å². The Morgan fingerprint density at radius 3 is 2.68 bits per heavy atom. The number of nitrogens with one attached hydrogen (secondary N) is 4. The first-order chi connectivity index (χ1) is 17.5. The number of allylic oxidation sites excluding steroid dienone is 1. The quantitative estimate of drug-likeness (QED) is 0.253. The number of imide groups is 2. The zero-order chi connectivity index (χ0) is 26.9. The fraction of sp³-hybridized carbons (Fsp3) is 0.240. The highest BCUT2D eigenvalue weighted by Crippen LogP contribution is 2.34. The maximum absolute atomic E-state index is 13.1. The molecule has 0 saturated carbocycles. The van der Waals surface area contributed by atoms with E-state index >= 15 is 0 Å². The van der Waals surface area contributed by atoms with Gasteiger partial charge in [0, 0.05) is 30.1 Å². The van der Waals surface area contributed by atoms with Crippen molar-refractivity contribution in [2.45, 2.75) is 19.4 Å². The lowest BCUT2D eigenvalue weighted by atomic mass is 9.95. The Morgan fingerprint density at radius 2 is 2.03 bits per heavy atom. The zero-order valence-corrected chi connectivity index (χ0v) is 20.4. The van der Waals surface area contributed by atoms with Gasteiger partial charge in [-0.1, -0.05) is 12.7 Å². The van der Waals surface area contributed by atoms with Crippen LogP contribution in [0.5, 0.6) is 0 Å². The van der Waals surface area contributed by atoms with Gasteiger partial charge in [0.15, 0.2) is 5.54 Å². The molecule has 0 aliphatic carbocycles. The minimum atomic E-state index is -1.68. The van der Waals surface area contributed by atoms with Crippen molar-refractivity contribution in [3.05, 3.63) is 65.7 Å². The number of fused-ring (bicyclic) bond motifs is 1. The lowest BCUT2D eigenvalue weighted by Gasteiger charge is -2.29. The summed E-state index contributed by atoms with van der Waals surface area (Å²) in [5.41, 5.74) is 0.276. The third-order valence-corrected chi connectivity index (χ3v) is 6.04. The summed E-state index contributed by atoms with van der Waals surface area (Å²) < 4.78 is 11.0. The van der Waals surface area contributed by atoms with Gasteiger partial charge in [-0.05, 0) is 42.8 Å². The Kier molecular flexibility index (Phi) is 6.58. The van der Waals surface area contributed by atoms with E-state index in [-0.39, 0.29) is 24.8 Å². The summed E-state index contributed by atoms with van der Waals surface area (Å²) in [5.74, 6) is -0.955. The topological polar surface area (TPSA) is 159 Å². The van der Waals surface area contributed by atoms with Gasteiger partial charge in [-0.25, -0.2) is 9.59 Å². The number of nitrogens with zero attached hydrogens (tertiary/aromatic N) is 1. The Hall–Kier alpha value is -4.87. The van der Waals surface area contributed by atoms with E-state index in [1.165, 1.54) is 18.9 Å². The zero-order valence-electron chi connectivity index (χ0n) is 20.4. The smallest absolute Gasteiger partial charge is 0.325 e. The summed E-state index contributed by atoms with van der Waals surface area (Å²) in [6.07, 6.45) is 3.36. The van der Waals surface area contributed by atoms with Crippen molar-refractivity contribution in [3.63, 3.8) is 0 Å². The normalized spacial score (nSPS) is 19.4. The Bertz CT molecular complexity index is 1420.